The molecule has 8 heteroatoms. The van der Waals surface area contributed by atoms with Gasteiger partial charge in [0, 0.05) is 33.0 Å². The lowest BCUT2D eigenvalue weighted by atomic mass is 10.2. The van der Waals surface area contributed by atoms with Gasteiger partial charge in [-0.05, 0) is 44.9 Å². The van der Waals surface area contributed by atoms with E-state index < -0.39 is 0 Å². The second-order valence-corrected chi connectivity index (χ2v) is 8.14. The smallest absolute Gasteiger partial charge is 0.157 e. The number of rotatable bonds is 17. The monoisotopic (exact) mass is 432 g/mol. The first-order chi connectivity index (χ1) is 14.9. The van der Waals surface area contributed by atoms with Crippen LogP contribution in [-0.2, 0) is 37.9 Å². The minimum Gasteiger partial charge on any atom is -0.379 e. The van der Waals surface area contributed by atoms with Gasteiger partial charge in [-0.15, -0.1) is 0 Å². The van der Waals surface area contributed by atoms with E-state index >= 15 is 0 Å². The van der Waals surface area contributed by atoms with Gasteiger partial charge in [0.2, 0.25) is 0 Å². The minimum atomic E-state index is -0.0792. The lowest BCUT2D eigenvalue weighted by Crippen LogP contribution is -2.29. The normalized spacial score (nSPS) is 27.8. The fourth-order valence-electron chi connectivity index (χ4n) is 3.45. The molecule has 8 nitrogen and oxygen atoms in total. The Morgan fingerprint density at radius 1 is 0.767 bits per heavy atom. The largest absolute Gasteiger partial charge is 0.379 e. The third-order valence-corrected chi connectivity index (χ3v) is 5.31. The first kappa shape index (κ1) is 24.3. The third-order valence-electron chi connectivity index (χ3n) is 5.31. The Kier molecular flexibility index (Phi) is 12.5. The Morgan fingerprint density at radius 2 is 1.57 bits per heavy atom. The Bertz CT molecular complexity index is 378. The molecule has 3 rings (SSSR count). The van der Waals surface area contributed by atoms with Crippen LogP contribution in [0.2, 0.25) is 0 Å². The van der Waals surface area contributed by atoms with Crippen molar-refractivity contribution in [3.05, 3.63) is 0 Å². The van der Waals surface area contributed by atoms with Crippen molar-refractivity contribution < 1.29 is 37.9 Å². The number of hydrogen-bond donors (Lipinski definition) is 0. The molecule has 3 aliphatic rings. The molecule has 0 N–H and O–H groups in total. The summed E-state index contributed by atoms with van der Waals surface area (Å²) in [5.41, 5.74) is 0. The van der Waals surface area contributed by atoms with Crippen LogP contribution < -0.4 is 0 Å². The lowest BCUT2D eigenvalue weighted by Gasteiger charge is -2.23. The molecule has 0 radical (unpaired) electrons. The Morgan fingerprint density at radius 3 is 2.23 bits per heavy atom. The summed E-state index contributed by atoms with van der Waals surface area (Å²) in [5.74, 6) is 0. The van der Waals surface area contributed by atoms with E-state index in [1.54, 1.807) is 0 Å². The predicted octanol–water partition coefficient (Wildman–Crippen LogP) is 2.32. The molecule has 176 valence electrons. The fraction of sp³-hybridized carbons (Fsp3) is 1.00. The molecular weight excluding hydrogens is 392 g/mol. The van der Waals surface area contributed by atoms with Crippen LogP contribution in [-0.4, -0.2) is 97.3 Å². The zero-order chi connectivity index (χ0) is 20.7. The summed E-state index contributed by atoms with van der Waals surface area (Å²) in [5, 5.41) is 0. The van der Waals surface area contributed by atoms with E-state index in [9.17, 15) is 0 Å². The summed E-state index contributed by atoms with van der Waals surface area (Å²) < 4.78 is 45.3. The zero-order valence-corrected chi connectivity index (χ0v) is 18.3. The summed E-state index contributed by atoms with van der Waals surface area (Å²) in [4.78, 5) is 0. The first-order valence-corrected chi connectivity index (χ1v) is 11.7. The molecular formula is C22H40O8. The van der Waals surface area contributed by atoms with Gasteiger partial charge in [0.1, 0.15) is 12.2 Å². The molecule has 30 heavy (non-hydrogen) atoms. The SMILES string of the molecule is C(COCC(COCCCOC1CCCCO1)OCC1CO1)COC1CCCOC1. The Labute approximate surface area is 180 Å². The molecule has 0 aliphatic carbocycles. The zero-order valence-electron chi connectivity index (χ0n) is 18.3. The molecule has 3 saturated heterocycles. The summed E-state index contributed by atoms with van der Waals surface area (Å²) in [6.45, 7) is 7.48. The van der Waals surface area contributed by atoms with Crippen LogP contribution in [0.5, 0.6) is 0 Å². The van der Waals surface area contributed by atoms with Gasteiger partial charge in [0.25, 0.3) is 0 Å². The highest BCUT2D eigenvalue weighted by molar-refractivity contribution is 4.69. The molecule has 0 aromatic rings. The average Bonchev–Trinajstić information content (AvgIpc) is 3.62. The van der Waals surface area contributed by atoms with Gasteiger partial charge in [-0.1, -0.05) is 0 Å². The van der Waals surface area contributed by atoms with Crippen LogP contribution in [0, 0.1) is 0 Å². The van der Waals surface area contributed by atoms with Crippen molar-refractivity contribution in [3.8, 4) is 0 Å². The van der Waals surface area contributed by atoms with Crippen molar-refractivity contribution >= 4 is 0 Å². The van der Waals surface area contributed by atoms with Gasteiger partial charge in [-0.25, -0.2) is 0 Å². The molecule has 0 bridgehead atoms. The fourth-order valence-corrected chi connectivity index (χ4v) is 3.45. The molecule has 3 aliphatic heterocycles. The quantitative estimate of drug-likeness (QED) is 0.256. The first-order valence-electron chi connectivity index (χ1n) is 11.7. The van der Waals surface area contributed by atoms with E-state index in [2.05, 4.69) is 0 Å². The molecule has 0 aromatic heterocycles. The van der Waals surface area contributed by atoms with E-state index in [-0.39, 0.29) is 24.6 Å². The van der Waals surface area contributed by atoms with Crippen molar-refractivity contribution in [2.45, 2.75) is 69.5 Å². The maximum atomic E-state index is 5.90. The molecule has 0 aromatic carbocycles. The molecule has 4 atom stereocenters. The number of hydrogen-bond acceptors (Lipinski definition) is 8. The molecule has 0 spiro atoms. The van der Waals surface area contributed by atoms with Crippen LogP contribution in [0.4, 0.5) is 0 Å². The highest BCUT2D eigenvalue weighted by atomic mass is 16.7. The molecule has 0 amide bonds. The second-order valence-electron chi connectivity index (χ2n) is 8.14. The van der Waals surface area contributed by atoms with E-state index in [1.165, 1.54) is 6.42 Å². The van der Waals surface area contributed by atoms with Crippen LogP contribution in [0.3, 0.4) is 0 Å². The maximum absolute atomic E-state index is 5.90. The summed E-state index contributed by atoms with van der Waals surface area (Å²) >= 11 is 0. The Hall–Kier alpha value is -0.320. The van der Waals surface area contributed by atoms with Gasteiger partial charge >= 0.3 is 0 Å². The minimum absolute atomic E-state index is 0.0311. The summed E-state index contributed by atoms with van der Waals surface area (Å²) in [6.07, 6.45) is 7.60. The number of epoxide rings is 1. The van der Waals surface area contributed by atoms with Crippen LogP contribution in [0.25, 0.3) is 0 Å². The van der Waals surface area contributed by atoms with Crippen molar-refractivity contribution in [2.75, 3.05) is 72.7 Å². The molecule has 3 heterocycles. The van der Waals surface area contributed by atoms with E-state index in [0.29, 0.717) is 46.2 Å². The van der Waals surface area contributed by atoms with E-state index in [4.69, 9.17) is 37.9 Å². The third kappa shape index (κ3) is 11.3. The van der Waals surface area contributed by atoms with E-state index in [0.717, 1.165) is 65.0 Å². The van der Waals surface area contributed by atoms with Crippen molar-refractivity contribution in [3.63, 3.8) is 0 Å². The van der Waals surface area contributed by atoms with Gasteiger partial charge in [0.15, 0.2) is 6.29 Å². The van der Waals surface area contributed by atoms with Crippen LogP contribution in [0.15, 0.2) is 0 Å². The highest BCUT2D eigenvalue weighted by Crippen LogP contribution is 2.14. The summed E-state index contributed by atoms with van der Waals surface area (Å²) in [7, 11) is 0. The maximum Gasteiger partial charge on any atom is 0.157 e. The highest BCUT2D eigenvalue weighted by Gasteiger charge is 2.24. The van der Waals surface area contributed by atoms with Crippen molar-refractivity contribution in [2.24, 2.45) is 0 Å². The average molecular weight is 433 g/mol. The molecule has 4 unspecified atom stereocenters. The number of ether oxygens (including phenoxy) is 8. The standard InChI is InChI=1S/C22H40O8/c1-2-11-27-22(7-1)28-13-5-10-25-16-20(29-17-21-18-30-21)15-24-9-4-12-26-19-6-3-8-23-14-19/h19-22H,1-18H2. The van der Waals surface area contributed by atoms with Gasteiger partial charge < -0.3 is 37.9 Å². The predicted molar refractivity (Wildman–Crippen MR) is 110 cm³/mol. The van der Waals surface area contributed by atoms with Crippen molar-refractivity contribution in [1.82, 2.24) is 0 Å². The summed E-state index contributed by atoms with van der Waals surface area (Å²) in [6, 6.07) is 0. The second kappa shape index (κ2) is 15.5. The van der Waals surface area contributed by atoms with Crippen LogP contribution in [0.1, 0.15) is 44.9 Å². The lowest BCUT2D eigenvalue weighted by molar-refractivity contribution is -0.164. The Balaban J connectivity index is 1.17. The topological polar surface area (TPSA) is 77.1 Å². The van der Waals surface area contributed by atoms with E-state index in [1.807, 2.05) is 0 Å². The molecule has 3 fully saturated rings. The van der Waals surface area contributed by atoms with Gasteiger partial charge in [-0.3, -0.25) is 0 Å². The van der Waals surface area contributed by atoms with Crippen LogP contribution >= 0.6 is 0 Å². The molecule has 0 saturated carbocycles. The van der Waals surface area contributed by atoms with Crippen molar-refractivity contribution in [1.29, 1.82) is 0 Å². The van der Waals surface area contributed by atoms with Gasteiger partial charge in [-0.2, -0.15) is 0 Å². The van der Waals surface area contributed by atoms with Gasteiger partial charge in [0.05, 0.1) is 45.7 Å².